The van der Waals surface area contributed by atoms with Crippen LogP contribution in [0.1, 0.15) is 106 Å². The summed E-state index contributed by atoms with van der Waals surface area (Å²) in [5, 5.41) is 12.0. The number of aromatic amines is 1. The summed E-state index contributed by atoms with van der Waals surface area (Å²) in [6, 6.07) is 4.18. The van der Waals surface area contributed by atoms with Gasteiger partial charge in [-0.15, -0.1) is 0 Å². The maximum Gasteiger partial charge on any atom is 0.220 e. The lowest BCUT2D eigenvalue weighted by Crippen LogP contribution is -2.61. The van der Waals surface area contributed by atoms with Crippen LogP contribution >= 0.6 is 0 Å². The summed E-state index contributed by atoms with van der Waals surface area (Å²) in [6.45, 7) is 13.6. The molecule has 4 aliphatic heterocycles. The molecule has 4 N–H and O–H groups in total. The molecule has 5 heterocycles. The molecule has 0 aliphatic carbocycles. The molecule has 8 heteroatoms. The van der Waals surface area contributed by atoms with E-state index in [2.05, 4.69) is 105 Å². The molecule has 8 bridgehead atoms. The average molecular weight is 653 g/mol. The van der Waals surface area contributed by atoms with Gasteiger partial charge in [0.15, 0.2) is 0 Å². The molecular formula is C40H56N6O2. The van der Waals surface area contributed by atoms with Crippen molar-refractivity contribution in [2.24, 2.45) is 15.9 Å². The summed E-state index contributed by atoms with van der Waals surface area (Å²) >= 11 is 0. The van der Waals surface area contributed by atoms with Crippen molar-refractivity contribution < 1.29 is 9.59 Å². The van der Waals surface area contributed by atoms with Crippen LogP contribution in [0.4, 0.5) is 0 Å². The number of nitrogens with one attached hydrogen (secondary N) is 4. The minimum absolute atomic E-state index is 0.00649. The highest BCUT2D eigenvalue weighted by Gasteiger charge is 2.60. The van der Waals surface area contributed by atoms with Crippen molar-refractivity contribution in [1.82, 2.24) is 20.9 Å². The van der Waals surface area contributed by atoms with Gasteiger partial charge in [-0.05, 0) is 116 Å². The van der Waals surface area contributed by atoms with E-state index in [0.717, 1.165) is 66.3 Å². The molecule has 8 nitrogen and oxygen atoms in total. The van der Waals surface area contributed by atoms with Gasteiger partial charge >= 0.3 is 0 Å². The Balaban J connectivity index is 1.91. The number of rotatable bonds is 12. The standard InChI is InChI=1S/C40H56N6O2/c1-9-30-33(19-20-36(47)41-7)40(22-21-37(48)42-8)35(12-4)39(14-6)32(11-3)31(10-2)38(13-5,46-39)25-29-18-17-27(44-29)23-26-15-16-28(43-26)24-34(30)45-40/h15-18,23-25,35,43,46H,9-14,19-22H2,1-8H3,(H,41,47)(H,42,48). The number of nitrogens with zero attached hydrogens (tertiary/aromatic N) is 2. The van der Waals surface area contributed by atoms with Gasteiger partial charge in [0.05, 0.1) is 28.2 Å². The summed E-state index contributed by atoms with van der Waals surface area (Å²) in [7, 11) is 3.41. The van der Waals surface area contributed by atoms with E-state index in [1.165, 1.54) is 22.3 Å². The molecule has 4 unspecified atom stereocenters. The molecule has 0 saturated heterocycles. The van der Waals surface area contributed by atoms with Gasteiger partial charge in [0.1, 0.15) is 0 Å². The number of aliphatic imine (C=N–C) groups is 2. The lowest BCUT2D eigenvalue weighted by molar-refractivity contribution is -0.121. The first kappa shape index (κ1) is 35.5. The van der Waals surface area contributed by atoms with Gasteiger partial charge < -0.3 is 15.6 Å². The molecule has 0 aromatic carbocycles. The normalized spacial score (nSPS) is 27.8. The fourth-order valence-electron chi connectivity index (χ4n) is 9.43. The predicted molar refractivity (Wildman–Crippen MR) is 198 cm³/mol. The minimum Gasteiger partial charge on any atom is -0.359 e. The summed E-state index contributed by atoms with van der Waals surface area (Å²) < 4.78 is 0. The summed E-state index contributed by atoms with van der Waals surface area (Å²) in [5.74, 6) is 0.0416. The van der Waals surface area contributed by atoms with E-state index in [0.29, 0.717) is 25.7 Å². The number of hydrogen-bond acceptors (Lipinski definition) is 5. The van der Waals surface area contributed by atoms with Crippen LogP contribution in [0.3, 0.4) is 0 Å². The molecule has 0 spiro atoms. The third-order valence-electron chi connectivity index (χ3n) is 11.5. The fourth-order valence-corrected chi connectivity index (χ4v) is 9.43. The number of allylic oxidation sites excluding steroid dienone is 3. The van der Waals surface area contributed by atoms with E-state index in [4.69, 9.17) is 9.98 Å². The summed E-state index contributed by atoms with van der Waals surface area (Å²) in [4.78, 5) is 40.4. The Morgan fingerprint density at radius 2 is 1.52 bits per heavy atom. The van der Waals surface area contributed by atoms with Gasteiger partial charge in [0.25, 0.3) is 0 Å². The largest absolute Gasteiger partial charge is 0.359 e. The Morgan fingerprint density at radius 1 is 0.833 bits per heavy atom. The van der Waals surface area contributed by atoms with Crippen LogP contribution in [0.15, 0.2) is 68.3 Å². The molecule has 4 aliphatic rings. The zero-order valence-corrected chi connectivity index (χ0v) is 30.4. The van der Waals surface area contributed by atoms with E-state index < -0.39 is 11.1 Å². The molecule has 0 fully saturated rings. The summed E-state index contributed by atoms with van der Waals surface area (Å²) in [6.07, 6.45) is 18.0. The first-order valence-electron chi connectivity index (χ1n) is 18.3. The van der Waals surface area contributed by atoms with Crippen LogP contribution in [0.2, 0.25) is 0 Å². The second-order valence-corrected chi connectivity index (χ2v) is 13.6. The average Bonchev–Trinajstić information content (AvgIpc) is 3.86. The van der Waals surface area contributed by atoms with Crippen molar-refractivity contribution in [3.05, 3.63) is 69.0 Å². The van der Waals surface area contributed by atoms with Crippen LogP contribution < -0.4 is 26.6 Å². The van der Waals surface area contributed by atoms with Crippen molar-refractivity contribution in [3.8, 4) is 0 Å². The highest BCUT2D eigenvalue weighted by atomic mass is 16.2. The Hall–Kier alpha value is -3.78. The van der Waals surface area contributed by atoms with Crippen LogP contribution in [-0.4, -0.2) is 58.9 Å². The molecular weight excluding hydrogens is 596 g/mol. The second-order valence-electron chi connectivity index (χ2n) is 13.6. The number of carbonyl (C=O) groups excluding carboxylic acids is 2. The van der Waals surface area contributed by atoms with E-state index >= 15 is 0 Å². The topological polar surface area (TPSA) is 111 Å². The van der Waals surface area contributed by atoms with Gasteiger partial charge in [-0.25, -0.2) is 4.99 Å². The number of fused-ring (bicyclic) bond motifs is 6. The number of H-pyrrole nitrogens is 1. The maximum absolute atomic E-state index is 13.1. The number of carbonyl (C=O) groups is 2. The van der Waals surface area contributed by atoms with Gasteiger partial charge in [0.2, 0.25) is 11.8 Å². The van der Waals surface area contributed by atoms with Gasteiger partial charge in [-0.1, -0.05) is 41.5 Å². The predicted octanol–water partition coefficient (Wildman–Crippen LogP) is 5.48. The Morgan fingerprint density at radius 3 is 2.12 bits per heavy atom. The molecule has 0 saturated carbocycles. The molecule has 5 rings (SSSR count). The third kappa shape index (κ3) is 6.01. The van der Waals surface area contributed by atoms with Crippen LogP contribution in [0.5, 0.6) is 0 Å². The highest BCUT2D eigenvalue weighted by molar-refractivity contribution is 6.23. The number of hydrogen-bond donors (Lipinski definition) is 4. The second kappa shape index (κ2) is 14.4. The van der Waals surface area contributed by atoms with E-state index in [1.54, 1.807) is 14.1 Å². The first-order chi connectivity index (χ1) is 23.1. The van der Waals surface area contributed by atoms with Gasteiger partial charge in [-0.2, -0.15) is 0 Å². The lowest BCUT2D eigenvalue weighted by Gasteiger charge is -2.50. The van der Waals surface area contributed by atoms with Crippen molar-refractivity contribution >= 4 is 35.4 Å². The fraction of sp³-hybridized carbons (Fsp3) is 0.550. The number of aromatic nitrogens is 1. The van der Waals surface area contributed by atoms with Crippen LogP contribution in [0.25, 0.3) is 12.2 Å². The van der Waals surface area contributed by atoms with E-state index in [9.17, 15) is 9.59 Å². The Labute approximate surface area is 286 Å². The lowest BCUT2D eigenvalue weighted by atomic mass is 9.60. The minimum atomic E-state index is -0.692. The Kier molecular flexibility index (Phi) is 10.6. The zero-order valence-electron chi connectivity index (χ0n) is 30.4. The molecule has 258 valence electrons. The zero-order chi connectivity index (χ0) is 34.7. The first-order valence-corrected chi connectivity index (χ1v) is 18.3. The number of amides is 2. The smallest absolute Gasteiger partial charge is 0.220 e. The summed E-state index contributed by atoms with van der Waals surface area (Å²) in [5.41, 5.74) is 6.69. The van der Waals surface area contributed by atoms with Crippen molar-refractivity contribution in [3.63, 3.8) is 0 Å². The van der Waals surface area contributed by atoms with Crippen molar-refractivity contribution in [2.45, 2.75) is 122 Å². The van der Waals surface area contributed by atoms with Gasteiger partial charge in [0, 0.05) is 49.1 Å². The van der Waals surface area contributed by atoms with E-state index in [1.807, 2.05) is 0 Å². The monoisotopic (exact) mass is 652 g/mol. The molecule has 1 aromatic heterocycles. The third-order valence-corrected chi connectivity index (χ3v) is 11.5. The molecule has 4 atom stereocenters. The van der Waals surface area contributed by atoms with Gasteiger partial charge in [-0.3, -0.25) is 19.9 Å². The molecule has 1 aromatic rings. The van der Waals surface area contributed by atoms with Crippen LogP contribution in [0, 0.1) is 5.92 Å². The van der Waals surface area contributed by atoms with Crippen molar-refractivity contribution in [1.29, 1.82) is 0 Å². The maximum atomic E-state index is 13.1. The van der Waals surface area contributed by atoms with Crippen LogP contribution in [-0.2, 0) is 9.59 Å². The quantitative estimate of drug-likeness (QED) is 0.225. The van der Waals surface area contributed by atoms with Crippen molar-refractivity contribution in [2.75, 3.05) is 14.1 Å². The SMILES string of the molecule is CCC1=C(CCC(=O)NC)C2(CCC(=O)NC)N=C1C=c1ccc([nH]1)=CC1=NC(=CC3(CC)NC(CC)(C(CC)=C3CC)C2CC)C=C1. The molecule has 2 amide bonds. The Bertz CT molecular complexity index is 1750. The van der Waals surface area contributed by atoms with E-state index in [-0.39, 0.29) is 23.3 Å². The molecule has 0 radical (unpaired) electrons. The molecule has 48 heavy (non-hydrogen) atoms. The highest BCUT2D eigenvalue weighted by Crippen LogP contribution is 2.57.